The van der Waals surface area contributed by atoms with E-state index in [0.29, 0.717) is 18.3 Å². The van der Waals surface area contributed by atoms with Crippen LogP contribution in [-0.2, 0) is 14.6 Å². The highest BCUT2D eigenvalue weighted by atomic mass is 32.2. The summed E-state index contributed by atoms with van der Waals surface area (Å²) in [6.45, 7) is 2.34. The van der Waals surface area contributed by atoms with E-state index in [1.807, 2.05) is 0 Å². The number of hydrogen-bond acceptors (Lipinski definition) is 6. The molecule has 1 aliphatic carbocycles. The molecule has 1 atom stereocenters. The first-order valence-corrected chi connectivity index (χ1v) is 10.00. The van der Waals surface area contributed by atoms with Crippen molar-refractivity contribution in [3.63, 3.8) is 0 Å². The topological polar surface area (TPSA) is 93.4 Å². The average Bonchev–Trinajstić information content (AvgIpc) is 3.24. The van der Waals surface area contributed by atoms with Crippen LogP contribution in [0.4, 0.5) is 0 Å². The third-order valence-corrected chi connectivity index (χ3v) is 7.09. The number of hydrogen-bond donors (Lipinski definition) is 0. The van der Waals surface area contributed by atoms with E-state index in [1.165, 1.54) is 0 Å². The second-order valence-electron chi connectivity index (χ2n) is 6.44. The Hall–Kier alpha value is -1.44. The van der Waals surface area contributed by atoms with Crippen LogP contribution in [0.3, 0.4) is 0 Å². The molecule has 1 aromatic heterocycles. The minimum Gasteiger partial charge on any atom is -0.340 e. The van der Waals surface area contributed by atoms with Gasteiger partial charge < -0.3 is 9.42 Å². The molecule has 128 valence electrons. The lowest BCUT2D eigenvalue weighted by molar-refractivity contribution is -0.131. The highest BCUT2D eigenvalue weighted by molar-refractivity contribution is 7.92. The van der Waals surface area contributed by atoms with Crippen molar-refractivity contribution in [3.8, 4) is 0 Å². The van der Waals surface area contributed by atoms with Gasteiger partial charge in [-0.15, -0.1) is 0 Å². The lowest BCUT2D eigenvalue weighted by Crippen LogP contribution is -2.33. The summed E-state index contributed by atoms with van der Waals surface area (Å²) in [6.07, 6.45) is 5.15. The number of amides is 1. The van der Waals surface area contributed by atoms with Gasteiger partial charge in [0, 0.05) is 19.9 Å². The van der Waals surface area contributed by atoms with Crippen LogP contribution in [0.2, 0.25) is 0 Å². The Balaban J connectivity index is 1.61. The van der Waals surface area contributed by atoms with Crippen LogP contribution in [-0.4, -0.2) is 46.9 Å². The third-order valence-electron chi connectivity index (χ3n) is 4.82. The standard InChI is InChI=1S/C15H23N3O4S/c1-11-16-15(17-22-11)13-7-4-9-18(13)14(19)8-10-23(20,21)12-5-2-3-6-12/h12-13H,2-10H2,1H3. The first kappa shape index (κ1) is 16.4. The van der Waals surface area contributed by atoms with Crippen LogP contribution in [0.15, 0.2) is 4.52 Å². The van der Waals surface area contributed by atoms with Crippen molar-refractivity contribution in [2.75, 3.05) is 12.3 Å². The van der Waals surface area contributed by atoms with Gasteiger partial charge in [-0.1, -0.05) is 18.0 Å². The molecule has 2 aliphatic rings. The van der Waals surface area contributed by atoms with Crippen molar-refractivity contribution in [2.45, 2.75) is 63.2 Å². The summed E-state index contributed by atoms with van der Waals surface area (Å²) in [6, 6.07) is -0.186. The molecule has 3 rings (SSSR count). The van der Waals surface area contributed by atoms with Crippen molar-refractivity contribution >= 4 is 15.7 Å². The molecule has 1 saturated carbocycles. The van der Waals surface area contributed by atoms with Crippen molar-refractivity contribution in [1.29, 1.82) is 0 Å². The summed E-state index contributed by atoms with van der Waals surface area (Å²) >= 11 is 0. The predicted molar refractivity (Wildman–Crippen MR) is 83.4 cm³/mol. The fraction of sp³-hybridized carbons (Fsp3) is 0.800. The van der Waals surface area contributed by atoms with Gasteiger partial charge in [-0.25, -0.2) is 8.42 Å². The minimum atomic E-state index is -3.16. The van der Waals surface area contributed by atoms with Gasteiger partial charge in [0.05, 0.1) is 17.0 Å². The first-order valence-electron chi connectivity index (χ1n) is 8.28. The van der Waals surface area contributed by atoms with Crippen molar-refractivity contribution in [2.24, 2.45) is 0 Å². The number of rotatable bonds is 5. The molecule has 2 fully saturated rings. The summed E-state index contributed by atoms with van der Waals surface area (Å²) in [7, 11) is -3.16. The first-order chi connectivity index (χ1) is 11.0. The van der Waals surface area contributed by atoms with E-state index < -0.39 is 9.84 Å². The Morgan fingerprint density at radius 2 is 2.00 bits per heavy atom. The van der Waals surface area contributed by atoms with Gasteiger partial charge in [0.15, 0.2) is 15.7 Å². The van der Waals surface area contributed by atoms with Gasteiger partial charge in [-0.05, 0) is 25.7 Å². The van der Waals surface area contributed by atoms with Crippen LogP contribution < -0.4 is 0 Å². The monoisotopic (exact) mass is 341 g/mol. The number of aryl methyl sites for hydroxylation is 1. The van der Waals surface area contributed by atoms with E-state index in [4.69, 9.17) is 4.52 Å². The molecular formula is C15H23N3O4S. The number of nitrogens with zero attached hydrogens (tertiary/aromatic N) is 3. The summed E-state index contributed by atoms with van der Waals surface area (Å²) in [5.41, 5.74) is 0. The molecule has 0 N–H and O–H groups in total. The lowest BCUT2D eigenvalue weighted by Gasteiger charge is -2.22. The number of carbonyl (C=O) groups is 1. The average molecular weight is 341 g/mol. The van der Waals surface area contributed by atoms with Crippen molar-refractivity contribution < 1.29 is 17.7 Å². The Kier molecular flexibility index (Phi) is 4.70. The molecule has 1 aliphatic heterocycles. The maximum absolute atomic E-state index is 12.5. The summed E-state index contributed by atoms with van der Waals surface area (Å²) in [4.78, 5) is 18.4. The van der Waals surface area contributed by atoms with Gasteiger partial charge >= 0.3 is 0 Å². The highest BCUT2D eigenvalue weighted by Gasteiger charge is 2.35. The largest absolute Gasteiger partial charge is 0.340 e. The molecule has 0 radical (unpaired) electrons. The summed E-state index contributed by atoms with van der Waals surface area (Å²) in [5, 5.41) is 3.66. The second kappa shape index (κ2) is 6.59. The van der Waals surface area contributed by atoms with E-state index in [0.717, 1.165) is 38.5 Å². The summed E-state index contributed by atoms with van der Waals surface area (Å²) in [5.74, 6) is 0.817. The molecule has 1 aromatic rings. The molecule has 2 heterocycles. The highest BCUT2D eigenvalue weighted by Crippen LogP contribution is 2.31. The van der Waals surface area contributed by atoms with Gasteiger partial charge in [-0.3, -0.25) is 4.79 Å². The molecule has 7 nitrogen and oxygen atoms in total. The smallest absolute Gasteiger partial charge is 0.224 e. The van der Waals surface area contributed by atoms with E-state index in [-0.39, 0.29) is 29.4 Å². The van der Waals surface area contributed by atoms with E-state index in [1.54, 1.807) is 11.8 Å². The Labute approximate surface area is 136 Å². The fourth-order valence-electron chi connectivity index (χ4n) is 3.57. The molecule has 1 amide bonds. The predicted octanol–water partition coefficient (Wildman–Crippen LogP) is 1.79. The molecule has 0 aromatic carbocycles. The third kappa shape index (κ3) is 3.57. The van der Waals surface area contributed by atoms with E-state index >= 15 is 0 Å². The zero-order valence-electron chi connectivity index (χ0n) is 13.4. The van der Waals surface area contributed by atoms with E-state index in [2.05, 4.69) is 10.1 Å². The van der Waals surface area contributed by atoms with Gasteiger partial charge in [0.25, 0.3) is 0 Å². The van der Waals surface area contributed by atoms with Gasteiger partial charge in [0.1, 0.15) is 0 Å². The number of likely N-dealkylation sites (tertiary alicyclic amines) is 1. The van der Waals surface area contributed by atoms with Gasteiger partial charge in [-0.2, -0.15) is 4.98 Å². The second-order valence-corrected chi connectivity index (χ2v) is 8.84. The minimum absolute atomic E-state index is 0.0478. The SMILES string of the molecule is Cc1nc(C2CCCN2C(=O)CCS(=O)(=O)C2CCCC2)no1. The maximum atomic E-state index is 12.5. The quantitative estimate of drug-likeness (QED) is 0.810. The lowest BCUT2D eigenvalue weighted by atomic mass is 10.2. The molecule has 1 saturated heterocycles. The van der Waals surface area contributed by atoms with Gasteiger partial charge in [0.2, 0.25) is 11.8 Å². The fourth-order valence-corrected chi connectivity index (χ4v) is 5.42. The number of aromatic nitrogens is 2. The molecule has 0 spiro atoms. The maximum Gasteiger partial charge on any atom is 0.224 e. The summed E-state index contributed by atoms with van der Waals surface area (Å²) < 4.78 is 29.6. The Morgan fingerprint density at radius 1 is 1.26 bits per heavy atom. The normalized spacial score (nSPS) is 22.8. The molecule has 1 unspecified atom stereocenters. The number of carbonyl (C=O) groups excluding carboxylic acids is 1. The molecule has 0 bridgehead atoms. The van der Waals surface area contributed by atoms with E-state index in [9.17, 15) is 13.2 Å². The van der Waals surface area contributed by atoms with Crippen molar-refractivity contribution in [3.05, 3.63) is 11.7 Å². The van der Waals surface area contributed by atoms with Crippen LogP contribution in [0.5, 0.6) is 0 Å². The van der Waals surface area contributed by atoms with Crippen LogP contribution >= 0.6 is 0 Å². The van der Waals surface area contributed by atoms with Crippen LogP contribution in [0.25, 0.3) is 0 Å². The Bertz CT molecular complexity index is 664. The molecular weight excluding hydrogens is 318 g/mol. The zero-order chi connectivity index (χ0) is 16.4. The number of sulfone groups is 1. The molecule has 23 heavy (non-hydrogen) atoms. The van der Waals surface area contributed by atoms with Crippen LogP contribution in [0.1, 0.15) is 62.7 Å². The van der Waals surface area contributed by atoms with Crippen molar-refractivity contribution in [1.82, 2.24) is 15.0 Å². The van der Waals surface area contributed by atoms with Crippen LogP contribution in [0, 0.1) is 6.92 Å². The molecule has 8 heteroatoms. The Morgan fingerprint density at radius 3 is 2.65 bits per heavy atom. The zero-order valence-corrected chi connectivity index (χ0v) is 14.2.